The van der Waals surface area contributed by atoms with Crippen molar-refractivity contribution in [1.82, 2.24) is 4.90 Å². The third-order valence-electron chi connectivity index (χ3n) is 3.94. The minimum absolute atomic E-state index is 0.0435. The lowest BCUT2D eigenvalue weighted by molar-refractivity contribution is -0.131. The zero-order valence-corrected chi connectivity index (χ0v) is 17.7. The molecule has 160 valence electrons. The molecule has 30 heavy (non-hydrogen) atoms. The van der Waals surface area contributed by atoms with Crippen LogP contribution in [0.15, 0.2) is 47.4 Å². The summed E-state index contributed by atoms with van der Waals surface area (Å²) in [6.07, 6.45) is 2.11. The van der Waals surface area contributed by atoms with E-state index in [-0.39, 0.29) is 33.6 Å². The fourth-order valence-electron chi connectivity index (χ4n) is 2.60. The summed E-state index contributed by atoms with van der Waals surface area (Å²) >= 11 is 0. The molecule has 9 nitrogen and oxygen atoms in total. The Hall–Kier alpha value is -3.53. The van der Waals surface area contributed by atoms with Gasteiger partial charge in [-0.05, 0) is 42.0 Å². The Morgan fingerprint density at radius 1 is 1.10 bits per heavy atom. The second-order valence-corrected chi connectivity index (χ2v) is 7.96. The van der Waals surface area contributed by atoms with E-state index in [9.17, 15) is 18.0 Å². The lowest BCUT2D eigenvalue weighted by Crippen LogP contribution is -2.22. The van der Waals surface area contributed by atoms with Crippen molar-refractivity contribution in [1.29, 1.82) is 0 Å². The van der Waals surface area contributed by atoms with E-state index in [1.165, 1.54) is 49.5 Å². The first-order valence-corrected chi connectivity index (χ1v) is 10.1. The van der Waals surface area contributed by atoms with E-state index in [1.54, 1.807) is 26.2 Å². The number of carbonyl (C=O) groups is 2. The van der Waals surface area contributed by atoms with E-state index in [2.05, 4.69) is 4.72 Å². The Kier molecular flexibility index (Phi) is 7.06. The average molecular weight is 434 g/mol. The van der Waals surface area contributed by atoms with Crippen molar-refractivity contribution in [3.05, 3.63) is 53.6 Å². The predicted octanol–water partition coefficient (Wildman–Crippen LogP) is 2.30. The quantitative estimate of drug-likeness (QED) is 0.611. The highest BCUT2D eigenvalue weighted by molar-refractivity contribution is 7.92. The van der Waals surface area contributed by atoms with Crippen LogP contribution in [0, 0.1) is 0 Å². The number of sulfonamides is 1. The normalized spacial score (nSPS) is 11.2. The molecular formula is C20H22N2O7S. The molecule has 0 saturated heterocycles. The van der Waals surface area contributed by atoms with Crippen LogP contribution in [0.3, 0.4) is 0 Å². The van der Waals surface area contributed by atoms with E-state index in [0.29, 0.717) is 5.56 Å². The van der Waals surface area contributed by atoms with E-state index in [0.717, 1.165) is 6.08 Å². The molecule has 0 atom stereocenters. The molecule has 0 bridgehead atoms. The molecule has 0 unspecified atom stereocenters. The number of anilines is 1. The summed E-state index contributed by atoms with van der Waals surface area (Å²) in [6, 6.07) is 8.75. The molecule has 0 aliphatic rings. The minimum Gasteiger partial charge on any atom is -0.493 e. The summed E-state index contributed by atoms with van der Waals surface area (Å²) in [5, 5.41) is 8.83. The van der Waals surface area contributed by atoms with Crippen LogP contribution in [0.2, 0.25) is 0 Å². The van der Waals surface area contributed by atoms with Crippen molar-refractivity contribution >= 4 is 33.7 Å². The highest BCUT2D eigenvalue weighted by Crippen LogP contribution is 2.37. The molecule has 0 fully saturated rings. The van der Waals surface area contributed by atoms with Gasteiger partial charge in [0.2, 0.25) is 0 Å². The number of methoxy groups -OCH3 is 2. The largest absolute Gasteiger partial charge is 0.493 e. The van der Waals surface area contributed by atoms with Crippen LogP contribution in [-0.2, 0) is 14.8 Å². The number of aliphatic carboxylic acids is 1. The average Bonchev–Trinajstić information content (AvgIpc) is 2.70. The predicted molar refractivity (Wildman–Crippen MR) is 111 cm³/mol. The maximum Gasteiger partial charge on any atom is 0.328 e. The molecule has 10 heteroatoms. The van der Waals surface area contributed by atoms with Crippen molar-refractivity contribution < 1.29 is 32.6 Å². The van der Waals surface area contributed by atoms with Crippen molar-refractivity contribution in [2.24, 2.45) is 0 Å². The number of amides is 1. The molecule has 2 rings (SSSR count). The topological polar surface area (TPSA) is 122 Å². The van der Waals surface area contributed by atoms with Crippen LogP contribution in [0.1, 0.15) is 15.9 Å². The minimum atomic E-state index is -4.17. The van der Waals surface area contributed by atoms with Gasteiger partial charge < -0.3 is 19.5 Å². The fourth-order valence-corrected chi connectivity index (χ4v) is 3.86. The van der Waals surface area contributed by atoms with Gasteiger partial charge in [0.15, 0.2) is 11.5 Å². The first-order valence-electron chi connectivity index (χ1n) is 8.60. The number of ether oxygens (including phenoxy) is 2. The number of hydrogen-bond donors (Lipinski definition) is 2. The molecule has 0 aromatic heterocycles. The van der Waals surface area contributed by atoms with Gasteiger partial charge in [0.25, 0.3) is 15.9 Å². The fraction of sp³-hybridized carbons (Fsp3) is 0.200. The Labute approximate surface area is 174 Å². The first-order chi connectivity index (χ1) is 14.1. The molecule has 0 spiro atoms. The smallest absolute Gasteiger partial charge is 0.328 e. The molecule has 0 radical (unpaired) electrons. The van der Waals surface area contributed by atoms with Gasteiger partial charge in [-0.3, -0.25) is 9.52 Å². The zero-order valence-electron chi connectivity index (χ0n) is 16.9. The summed E-state index contributed by atoms with van der Waals surface area (Å²) in [5.74, 6) is -1.40. The van der Waals surface area contributed by atoms with Gasteiger partial charge >= 0.3 is 5.97 Å². The van der Waals surface area contributed by atoms with Crippen LogP contribution >= 0.6 is 0 Å². The van der Waals surface area contributed by atoms with E-state index >= 15 is 0 Å². The van der Waals surface area contributed by atoms with Gasteiger partial charge in [-0.15, -0.1) is 0 Å². The Morgan fingerprint density at radius 3 is 2.37 bits per heavy atom. The van der Waals surface area contributed by atoms with Gasteiger partial charge in [0.1, 0.15) is 4.90 Å². The van der Waals surface area contributed by atoms with Crippen molar-refractivity contribution in [3.63, 3.8) is 0 Å². The number of carboxylic acid groups (broad SMARTS) is 1. The highest BCUT2D eigenvalue weighted by atomic mass is 32.2. The summed E-state index contributed by atoms with van der Waals surface area (Å²) < 4.78 is 39.0. The lowest BCUT2D eigenvalue weighted by atomic mass is 10.2. The van der Waals surface area contributed by atoms with Crippen molar-refractivity contribution in [3.8, 4) is 11.5 Å². The zero-order chi connectivity index (χ0) is 22.5. The van der Waals surface area contributed by atoms with Crippen molar-refractivity contribution in [2.45, 2.75) is 4.90 Å². The maximum absolute atomic E-state index is 13.1. The van der Waals surface area contributed by atoms with E-state index in [4.69, 9.17) is 14.6 Å². The molecule has 0 aliphatic carbocycles. The Morgan fingerprint density at radius 2 is 1.80 bits per heavy atom. The molecule has 2 N–H and O–H groups in total. The van der Waals surface area contributed by atoms with Gasteiger partial charge in [0.05, 0.1) is 14.2 Å². The van der Waals surface area contributed by atoms with E-state index < -0.39 is 16.0 Å². The van der Waals surface area contributed by atoms with Crippen LogP contribution in [-0.4, -0.2) is 58.6 Å². The number of rotatable bonds is 8. The number of nitrogens with one attached hydrogen (secondary N) is 1. The van der Waals surface area contributed by atoms with Gasteiger partial charge in [0, 0.05) is 31.4 Å². The monoisotopic (exact) mass is 434 g/mol. The Balaban J connectivity index is 2.53. The maximum atomic E-state index is 13.1. The standard InChI is InChI=1S/C20H22N2O7S/c1-22(2)20(25)14-6-5-7-15(12-14)21-30(26,27)17-11-13(8-9-18(23)24)10-16(28-3)19(17)29-4/h5-12,21H,1-4H3,(H,23,24)/b9-8+. The number of hydrogen-bond acceptors (Lipinski definition) is 6. The molecule has 0 aliphatic heterocycles. The molecule has 0 heterocycles. The van der Waals surface area contributed by atoms with Crippen LogP contribution in [0.4, 0.5) is 5.69 Å². The summed E-state index contributed by atoms with van der Waals surface area (Å²) in [7, 11) is 1.63. The van der Waals surface area contributed by atoms with Crippen molar-refractivity contribution in [2.75, 3.05) is 33.0 Å². The number of nitrogens with zero attached hydrogens (tertiary/aromatic N) is 1. The third kappa shape index (κ3) is 5.29. The number of carboxylic acids is 1. The summed E-state index contributed by atoms with van der Waals surface area (Å²) in [4.78, 5) is 24.1. The molecule has 0 saturated carbocycles. The number of carbonyl (C=O) groups excluding carboxylic acids is 1. The SMILES string of the molecule is COc1cc(/C=C/C(=O)O)cc(S(=O)(=O)Nc2cccc(C(=O)N(C)C)c2)c1OC. The molecule has 2 aromatic carbocycles. The second kappa shape index (κ2) is 9.31. The highest BCUT2D eigenvalue weighted by Gasteiger charge is 2.24. The third-order valence-corrected chi connectivity index (χ3v) is 5.33. The Bertz CT molecular complexity index is 1090. The van der Waals surface area contributed by atoms with Gasteiger partial charge in [-0.2, -0.15) is 0 Å². The van der Waals surface area contributed by atoms with Crippen LogP contribution < -0.4 is 14.2 Å². The molecule has 2 aromatic rings. The molecular weight excluding hydrogens is 412 g/mol. The van der Waals surface area contributed by atoms with E-state index in [1.807, 2.05) is 0 Å². The lowest BCUT2D eigenvalue weighted by Gasteiger charge is -2.16. The van der Waals surface area contributed by atoms with Crippen LogP contribution in [0.25, 0.3) is 6.08 Å². The van der Waals surface area contributed by atoms with Gasteiger partial charge in [-0.1, -0.05) is 6.07 Å². The van der Waals surface area contributed by atoms with Gasteiger partial charge in [-0.25, -0.2) is 13.2 Å². The second-order valence-electron chi connectivity index (χ2n) is 6.31. The summed E-state index contributed by atoms with van der Waals surface area (Å²) in [6.45, 7) is 0. The first kappa shape index (κ1) is 22.8. The summed E-state index contributed by atoms with van der Waals surface area (Å²) in [5.41, 5.74) is 0.769. The van der Waals surface area contributed by atoms with Crippen LogP contribution in [0.5, 0.6) is 11.5 Å². The number of benzene rings is 2. The molecule has 1 amide bonds.